The van der Waals surface area contributed by atoms with Crippen molar-refractivity contribution in [3.8, 4) is 16.9 Å². The highest BCUT2D eigenvalue weighted by molar-refractivity contribution is 6.33. The van der Waals surface area contributed by atoms with Gasteiger partial charge >= 0.3 is 11.9 Å². The van der Waals surface area contributed by atoms with E-state index in [-0.39, 0.29) is 16.3 Å². The van der Waals surface area contributed by atoms with Crippen LogP contribution in [0.3, 0.4) is 0 Å². The average molecular weight is 437 g/mol. The summed E-state index contributed by atoms with van der Waals surface area (Å²) in [6.07, 6.45) is 6.11. The second kappa shape index (κ2) is 10.8. The van der Waals surface area contributed by atoms with Crippen molar-refractivity contribution >= 4 is 23.5 Å². The van der Waals surface area contributed by atoms with Crippen molar-refractivity contribution in [3.05, 3.63) is 88.4 Å². The predicted molar refractivity (Wildman–Crippen MR) is 123 cm³/mol. The van der Waals surface area contributed by atoms with E-state index in [2.05, 4.69) is 31.2 Å². The molecule has 0 saturated carbocycles. The molecular weight excluding hydrogens is 412 g/mol. The zero-order chi connectivity index (χ0) is 22.2. The minimum Gasteiger partial charge on any atom is -0.478 e. The maximum atomic E-state index is 12.4. The molecule has 31 heavy (non-hydrogen) atoms. The van der Waals surface area contributed by atoms with Crippen LogP contribution in [-0.2, 0) is 6.42 Å². The maximum absolute atomic E-state index is 12.4. The normalized spacial score (nSPS) is 10.6. The van der Waals surface area contributed by atoms with Gasteiger partial charge in [-0.2, -0.15) is 0 Å². The van der Waals surface area contributed by atoms with Gasteiger partial charge in [-0.3, -0.25) is 0 Å². The maximum Gasteiger partial charge on any atom is 0.343 e. The monoisotopic (exact) mass is 436 g/mol. The van der Waals surface area contributed by atoms with Gasteiger partial charge < -0.3 is 9.84 Å². The van der Waals surface area contributed by atoms with Crippen molar-refractivity contribution < 1.29 is 19.4 Å². The minimum absolute atomic E-state index is 0.0157. The van der Waals surface area contributed by atoms with Crippen LogP contribution in [0, 0.1) is 0 Å². The Balaban J connectivity index is 1.62. The van der Waals surface area contributed by atoms with Gasteiger partial charge in [-0.1, -0.05) is 74.2 Å². The molecular formula is C26H25ClO4. The second-order valence-electron chi connectivity index (χ2n) is 7.42. The summed E-state index contributed by atoms with van der Waals surface area (Å²) >= 11 is 5.92. The van der Waals surface area contributed by atoms with E-state index in [0.29, 0.717) is 5.56 Å². The first-order chi connectivity index (χ1) is 15.0. The summed E-state index contributed by atoms with van der Waals surface area (Å²) in [6, 6.07) is 19.8. The number of aromatic carboxylic acids is 1. The molecule has 0 saturated heterocycles. The number of esters is 1. The van der Waals surface area contributed by atoms with E-state index < -0.39 is 11.9 Å². The third kappa shape index (κ3) is 6.19. The number of halogens is 1. The Bertz CT molecular complexity index is 1040. The number of carboxylic acids is 1. The smallest absolute Gasteiger partial charge is 0.343 e. The fourth-order valence-corrected chi connectivity index (χ4v) is 3.57. The Morgan fingerprint density at radius 3 is 2.10 bits per heavy atom. The van der Waals surface area contributed by atoms with Crippen LogP contribution in [0.1, 0.15) is 58.9 Å². The van der Waals surface area contributed by atoms with Crippen LogP contribution < -0.4 is 4.74 Å². The molecule has 3 aromatic carbocycles. The lowest BCUT2D eigenvalue weighted by Gasteiger charge is -2.08. The van der Waals surface area contributed by atoms with Crippen molar-refractivity contribution in [3.63, 3.8) is 0 Å². The predicted octanol–water partition coefficient (Wildman–Crippen LogP) is 7.05. The zero-order valence-electron chi connectivity index (χ0n) is 17.4. The number of carbonyl (C=O) groups excluding carboxylic acids is 1. The highest BCUT2D eigenvalue weighted by atomic mass is 35.5. The van der Waals surface area contributed by atoms with Crippen molar-refractivity contribution in [1.29, 1.82) is 0 Å². The molecule has 3 aromatic rings. The molecule has 3 rings (SSSR count). The van der Waals surface area contributed by atoms with Gasteiger partial charge in [-0.25, -0.2) is 9.59 Å². The molecule has 0 atom stereocenters. The van der Waals surface area contributed by atoms with Crippen LogP contribution >= 0.6 is 11.6 Å². The highest BCUT2D eigenvalue weighted by Crippen LogP contribution is 2.25. The third-order valence-electron chi connectivity index (χ3n) is 5.11. The first-order valence-electron chi connectivity index (χ1n) is 10.4. The molecule has 5 heteroatoms. The molecule has 0 bridgehead atoms. The number of rotatable bonds is 9. The molecule has 0 amide bonds. The second-order valence-corrected chi connectivity index (χ2v) is 7.83. The standard InChI is InChI=1S/C26H25ClO4/c1-2-3-4-5-6-18-7-9-19(10-8-18)20-11-13-21(14-12-20)26(30)31-22-15-16-23(25(28)29)24(27)17-22/h7-17H,2-6H2,1H3,(H,28,29). The summed E-state index contributed by atoms with van der Waals surface area (Å²) in [7, 11) is 0. The largest absolute Gasteiger partial charge is 0.478 e. The van der Waals surface area contributed by atoms with Gasteiger partial charge in [-0.15, -0.1) is 0 Å². The quantitative estimate of drug-likeness (QED) is 0.222. The van der Waals surface area contributed by atoms with Crippen LogP contribution in [0.25, 0.3) is 11.1 Å². The summed E-state index contributed by atoms with van der Waals surface area (Å²) in [4.78, 5) is 23.4. The number of hydrogen-bond acceptors (Lipinski definition) is 3. The Morgan fingerprint density at radius 2 is 1.52 bits per heavy atom. The van der Waals surface area contributed by atoms with Crippen LogP contribution in [0.5, 0.6) is 5.75 Å². The molecule has 0 aliphatic carbocycles. The number of carbonyl (C=O) groups is 2. The van der Waals surface area contributed by atoms with E-state index in [4.69, 9.17) is 21.4 Å². The van der Waals surface area contributed by atoms with Crippen LogP contribution in [0.15, 0.2) is 66.7 Å². The summed E-state index contributed by atoms with van der Waals surface area (Å²) < 4.78 is 5.32. The first-order valence-corrected chi connectivity index (χ1v) is 10.8. The topological polar surface area (TPSA) is 63.6 Å². The van der Waals surface area contributed by atoms with Gasteiger partial charge in [0, 0.05) is 6.07 Å². The lowest BCUT2D eigenvalue weighted by molar-refractivity contribution is 0.0696. The third-order valence-corrected chi connectivity index (χ3v) is 5.42. The van der Waals surface area contributed by atoms with Gasteiger partial charge in [0.1, 0.15) is 5.75 Å². The summed E-state index contributed by atoms with van der Waals surface area (Å²) in [5, 5.41) is 9.03. The van der Waals surface area contributed by atoms with Crippen LogP contribution in [0.2, 0.25) is 5.02 Å². The number of ether oxygens (including phenoxy) is 1. The fraction of sp³-hybridized carbons (Fsp3) is 0.231. The molecule has 4 nitrogen and oxygen atoms in total. The highest BCUT2D eigenvalue weighted by Gasteiger charge is 2.13. The zero-order valence-corrected chi connectivity index (χ0v) is 18.2. The van der Waals surface area contributed by atoms with Crippen molar-refractivity contribution in [1.82, 2.24) is 0 Å². The average Bonchev–Trinajstić information content (AvgIpc) is 2.77. The van der Waals surface area contributed by atoms with Crippen LogP contribution in [-0.4, -0.2) is 17.0 Å². The van der Waals surface area contributed by atoms with E-state index in [0.717, 1.165) is 17.5 Å². The molecule has 0 radical (unpaired) electrons. The Labute approximate surface area is 187 Å². The Morgan fingerprint density at radius 1 is 0.871 bits per heavy atom. The Kier molecular flexibility index (Phi) is 7.85. The lowest BCUT2D eigenvalue weighted by atomic mass is 10.0. The Hall–Kier alpha value is -3.11. The van der Waals surface area contributed by atoms with E-state index in [1.807, 2.05) is 12.1 Å². The first kappa shape index (κ1) is 22.6. The van der Waals surface area contributed by atoms with Crippen LogP contribution in [0.4, 0.5) is 0 Å². The molecule has 0 fully saturated rings. The van der Waals surface area contributed by atoms with Gasteiger partial charge in [0.25, 0.3) is 0 Å². The van der Waals surface area contributed by atoms with Crippen molar-refractivity contribution in [2.24, 2.45) is 0 Å². The SMILES string of the molecule is CCCCCCc1ccc(-c2ccc(C(=O)Oc3ccc(C(=O)O)c(Cl)c3)cc2)cc1. The molecule has 0 spiro atoms. The molecule has 0 heterocycles. The van der Waals surface area contributed by atoms with E-state index >= 15 is 0 Å². The number of hydrogen-bond donors (Lipinski definition) is 1. The van der Waals surface area contributed by atoms with E-state index in [1.165, 1.54) is 49.4 Å². The van der Waals surface area contributed by atoms with Gasteiger partial charge in [0.05, 0.1) is 16.1 Å². The molecule has 0 aromatic heterocycles. The van der Waals surface area contributed by atoms with Gasteiger partial charge in [0.15, 0.2) is 0 Å². The van der Waals surface area contributed by atoms with E-state index in [9.17, 15) is 9.59 Å². The lowest BCUT2D eigenvalue weighted by Crippen LogP contribution is -2.08. The summed E-state index contributed by atoms with van der Waals surface area (Å²) in [5.74, 6) is -1.48. The van der Waals surface area contributed by atoms with Gasteiger partial charge in [-0.05, 0) is 53.8 Å². The summed E-state index contributed by atoms with van der Waals surface area (Å²) in [5.41, 5.74) is 3.80. The van der Waals surface area contributed by atoms with Gasteiger partial charge in [0.2, 0.25) is 0 Å². The number of benzene rings is 3. The number of aryl methyl sites for hydroxylation is 1. The molecule has 160 valence electrons. The van der Waals surface area contributed by atoms with Crippen molar-refractivity contribution in [2.45, 2.75) is 39.0 Å². The number of unbranched alkanes of at least 4 members (excludes halogenated alkanes) is 3. The minimum atomic E-state index is -1.14. The van der Waals surface area contributed by atoms with E-state index in [1.54, 1.807) is 12.1 Å². The van der Waals surface area contributed by atoms with Crippen molar-refractivity contribution in [2.75, 3.05) is 0 Å². The molecule has 0 unspecified atom stereocenters. The molecule has 0 aliphatic rings. The molecule has 0 aliphatic heterocycles. The summed E-state index contributed by atoms with van der Waals surface area (Å²) in [6.45, 7) is 2.22. The molecule has 1 N–H and O–H groups in total. The number of carboxylic acid groups (broad SMARTS) is 1. The fourth-order valence-electron chi connectivity index (χ4n) is 3.32.